The van der Waals surface area contributed by atoms with Crippen molar-refractivity contribution in [2.45, 2.75) is 59.0 Å². The number of rotatable bonds is 10. The lowest BCUT2D eigenvalue weighted by molar-refractivity contribution is 0.288. The molecule has 0 aromatic rings. The Hall–Kier alpha value is -0.810. The molecule has 0 amide bonds. The van der Waals surface area contributed by atoms with Crippen molar-refractivity contribution in [2.75, 3.05) is 19.6 Å². The Morgan fingerprint density at radius 2 is 1.89 bits per heavy atom. The summed E-state index contributed by atoms with van der Waals surface area (Å²) in [5.74, 6) is 0.283. The second-order valence-corrected chi connectivity index (χ2v) is 4.93. The third-order valence-electron chi connectivity index (χ3n) is 3.22. The fourth-order valence-electron chi connectivity index (χ4n) is 2.14. The van der Waals surface area contributed by atoms with Gasteiger partial charge in [-0.05, 0) is 46.3 Å². The Morgan fingerprint density at radius 3 is 2.39 bits per heavy atom. The Morgan fingerprint density at radius 1 is 1.28 bits per heavy atom. The maximum atomic E-state index is 8.50. The van der Waals surface area contributed by atoms with Crippen LogP contribution in [0.3, 0.4) is 0 Å². The van der Waals surface area contributed by atoms with E-state index >= 15 is 0 Å². The molecule has 0 bridgehead atoms. The van der Waals surface area contributed by atoms with Gasteiger partial charge in [0, 0.05) is 18.5 Å². The van der Waals surface area contributed by atoms with Gasteiger partial charge in [-0.3, -0.25) is 0 Å². The molecule has 0 aliphatic rings. The monoisotopic (exact) mass is 258 g/mol. The molecule has 0 saturated carbocycles. The third-order valence-corrected chi connectivity index (χ3v) is 3.22. The van der Waals surface area contributed by atoms with Gasteiger partial charge in [0.1, 0.15) is 5.84 Å². The molecule has 0 aromatic carbocycles. The minimum atomic E-state index is 0.240. The zero-order chi connectivity index (χ0) is 14.0. The molecule has 2 unspecified atom stereocenters. The molecule has 0 aromatic heterocycles. The molecule has 0 rings (SSSR count). The largest absolute Gasteiger partial charge is 0.409 e. The standard InChI is InChI=1S/C13H30N4O/c1-5-17(6-2)9-7-8-11(3)15-12(4)10-13(14)16-18/h11-12,15,18H,5-10H2,1-4H3,(H2,14,16). The van der Waals surface area contributed by atoms with E-state index in [0.717, 1.165) is 26.1 Å². The van der Waals surface area contributed by atoms with Gasteiger partial charge in [0.2, 0.25) is 0 Å². The van der Waals surface area contributed by atoms with Crippen molar-refractivity contribution >= 4 is 5.84 Å². The van der Waals surface area contributed by atoms with Gasteiger partial charge in [-0.15, -0.1) is 0 Å². The van der Waals surface area contributed by atoms with Gasteiger partial charge in [0.15, 0.2) is 0 Å². The minimum Gasteiger partial charge on any atom is -0.409 e. The topological polar surface area (TPSA) is 73.9 Å². The van der Waals surface area contributed by atoms with E-state index < -0.39 is 0 Å². The summed E-state index contributed by atoms with van der Waals surface area (Å²) in [6.45, 7) is 12.0. The van der Waals surface area contributed by atoms with Crippen LogP contribution in [0.25, 0.3) is 0 Å². The smallest absolute Gasteiger partial charge is 0.140 e. The number of nitrogens with two attached hydrogens (primary N) is 1. The lowest BCUT2D eigenvalue weighted by Crippen LogP contribution is -2.37. The normalized spacial score (nSPS) is 15.9. The summed E-state index contributed by atoms with van der Waals surface area (Å²) in [6, 6.07) is 0.700. The van der Waals surface area contributed by atoms with Gasteiger partial charge in [-0.2, -0.15) is 0 Å². The highest BCUT2D eigenvalue weighted by Gasteiger charge is 2.09. The summed E-state index contributed by atoms with van der Waals surface area (Å²) >= 11 is 0. The van der Waals surface area contributed by atoms with E-state index in [9.17, 15) is 0 Å². The van der Waals surface area contributed by atoms with E-state index in [-0.39, 0.29) is 11.9 Å². The minimum absolute atomic E-state index is 0.240. The molecule has 0 heterocycles. The van der Waals surface area contributed by atoms with Crippen LogP contribution < -0.4 is 11.1 Å². The fraction of sp³-hybridized carbons (Fsp3) is 0.923. The van der Waals surface area contributed by atoms with Crippen molar-refractivity contribution in [3.63, 3.8) is 0 Å². The van der Waals surface area contributed by atoms with Crippen LogP contribution in [0.4, 0.5) is 0 Å². The summed E-state index contributed by atoms with van der Waals surface area (Å²) in [5.41, 5.74) is 5.48. The maximum absolute atomic E-state index is 8.50. The highest BCUT2D eigenvalue weighted by molar-refractivity contribution is 5.80. The highest BCUT2D eigenvalue weighted by atomic mass is 16.4. The molecule has 2 atom stereocenters. The van der Waals surface area contributed by atoms with Crippen LogP contribution in [0.5, 0.6) is 0 Å². The predicted octanol–water partition coefficient (Wildman–Crippen LogP) is 1.61. The zero-order valence-corrected chi connectivity index (χ0v) is 12.3. The van der Waals surface area contributed by atoms with Gasteiger partial charge in [0.25, 0.3) is 0 Å². The molecule has 18 heavy (non-hydrogen) atoms. The van der Waals surface area contributed by atoms with Crippen molar-refractivity contribution in [1.82, 2.24) is 10.2 Å². The zero-order valence-electron chi connectivity index (χ0n) is 12.3. The van der Waals surface area contributed by atoms with Crippen LogP contribution in [0.1, 0.15) is 47.0 Å². The van der Waals surface area contributed by atoms with Crippen molar-refractivity contribution in [1.29, 1.82) is 0 Å². The number of nitrogens with zero attached hydrogens (tertiary/aromatic N) is 2. The van der Waals surface area contributed by atoms with E-state index in [2.05, 4.69) is 43.1 Å². The van der Waals surface area contributed by atoms with Gasteiger partial charge in [-0.25, -0.2) is 0 Å². The average Bonchev–Trinajstić information content (AvgIpc) is 2.34. The van der Waals surface area contributed by atoms with Crippen molar-refractivity contribution < 1.29 is 5.21 Å². The Balaban J connectivity index is 3.73. The maximum Gasteiger partial charge on any atom is 0.140 e. The molecule has 0 radical (unpaired) electrons. The first-order valence-corrected chi connectivity index (χ1v) is 6.98. The SMILES string of the molecule is CCN(CC)CCCC(C)NC(C)CC(N)=NO. The van der Waals surface area contributed by atoms with Gasteiger partial charge in [0.05, 0.1) is 0 Å². The molecule has 108 valence electrons. The van der Waals surface area contributed by atoms with Crippen LogP contribution in [0.15, 0.2) is 5.16 Å². The molecular weight excluding hydrogens is 228 g/mol. The highest BCUT2D eigenvalue weighted by Crippen LogP contribution is 2.02. The van der Waals surface area contributed by atoms with Crippen LogP contribution in [0.2, 0.25) is 0 Å². The molecule has 0 saturated heterocycles. The number of hydrogen-bond donors (Lipinski definition) is 3. The van der Waals surface area contributed by atoms with Crippen LogP contribution in [0, 0.1) is 0 Å². The Kier molecular flexibility index (Phi) is 9.69. The van der Waals surface area contributed by atoms with Crippen LogP contribution in [-0.2, 0) is 0 Å². The quantitative estimate of drug-likeness (QED) is 0.241. The Bertz CT molecular complexity index is 229. The van der Waals surface area contributed by atoms with Gasteiger partial charge >= 0.3 is 0 Å². The molecule has 5 heteroatoms. The van der Waals surface area contributed by atoms with Gasteiger partial charge < -0.3 is 21.2 Å². The predicted molar refractivity (Wildman–Crippen MR) is 77.1 cm³/mol. The molecule has 4 N–H and O–H groups in total. The first-order chi connectivity index (χ1) is 8.53. The first kappa shape index (κ1) is 17.2. The van der Waals surface area contributed by atoms with E-state index in [1.165, 1.54) is 6.42 Å². The van der Waals surface area contributed by atoms with Crippen LogP contribution >= 0.6 is 0 Å². The van der Waals surface area contributed by atoms with E-state index in [0.29, 0.717) is 12.5 Å². The van der Waals surface area contributed by atoms with Crippen LogP contribution in [-0.4, -0.2) is 47.7 Å². The number of oxime groups is 1. The Labute approximate surface area is 111 Å². The number of nitrogens with one attached hydrogen (secondary N) is 1. The van der Waals surface area contributed by atoms with Crippen molar-refractivity contribution in [3.8, 4) is 0 Å². The molecule has 0 aliphatic heterocycles. The molecule has 5 nitrogen and oxygen atoms in total. The van der Waals surface area contributed by atoms with E-state index in [1.807, 2.05) is 0 Å². The lowest BCUT2D eigenvalue weighted by Gasteiger charge is -2.22. The van der Waals surface area contributed by atoms with Gasteiger partial charge in [-0.1, -0.05) is 19.0 Å². The van der Waals surface area contributed by atoms with Crippen molar-refractivity contribution in [3.05, 3.63) is 0 Å². The summed E-state index contributed by atoms with van der Waals surface area (Å²) in [6.07, 6.45) is 2.93. The van der Waals surface area contributed by atoms with Crippen molar-refractivity contribution in [2.24, 2.45) is 10.9 Å². The lowest BCUT2D eigenvalue weighted by atomic mass is 10.1. The number of hydrogen-bond acceptors (Lipinski definition) is 4. The molecular formula is C13H30N4O. The molecule has 0 fully saturated rings. The summed E-state index contributed by atoms with van der Waals surface area (Å²) < 4.78 is 0. The fourth-order valence-corrected chi connectivity index (χ4v) is 2.14. The second kappa shape index (κ2) is 10.1. The molecule has 0 spiro atoms. The third kappa shape index (κ3) is 8.31. The summed E-state index contributed by atoms with van der Waals surface area (Å²) in [5, 5.41) is 15.0. The van der Waals surface area contributed by atoms with E-state index in [1.54, 1.807) is 0 Å². The number of amidine groups is 1. The second-order valence-electron chi connectivity index (χ2n) is 4.93. The summed E-state index contributed by atoms with van der Waals surface area (Å²) in [4.78, 5) is 2.44. The summed E-state index contributed by atoms with van der Waals surface area (Å²) in [7, 11) is 0. The average molecular weight is 258 g/mol. The first-order valence-electron chi connectivity index (χ1n) is 6.98. The van der Waals surface area contributed by atoms with E-state index in [4.69, 9.17) is 10.9 Å². The molecule has 0 aliphatic carbocycles.